The number of hydrogen-bond donors (Lipinski definition) is 3. The third-order valence-electron chi connectivity index (χ3n) is 5.19. The lowest BCUT2D eigenvalue weighted by molar-refractivity contribution is -0.146. The molecule has 0 radical (unpaired) electrons. The molecule has 0 bridgehead atoms. The van der Waals surface area contributed by atoms with Crippen molar-refractivity contribution < 1.29 is 27.9 Å². The van der Waals surface area contributed by atoms with Gasteiger partial charge in [0.2, 0.25) is 0 Å². The standard InChI is InChI=1S/C24H19F2N3O4/c25-14-9-10-21(26)19(11-14)23(27)29-33-22(30)12-28-24(31)32-13-20-17-7-3-1-5-15(17)16-6-2-4-8-18(16)20/h1-11,20H,12-13H2,(H2,27,29)(H,28,31). The molecule has 1 amide bonds. The molecule has 4 rings (SSSR count). The van der Waals surface area contributed by atoms with E-state index in [0.29, 0.717) is 0 Å². The number of hydrogen-bond acceptors (Lipinski definition) is 5. The minimum Gasteiger partial charge on any atom is -0.449 e. The zero-order valence-corrected chi connectivity index (χ0v) is 17.2. The molecule has 1 aliphatic rings. The van der Waals surface area contributed by atoms with E-state index in [1.54, 1.807) is 0 Å². The summed E-state index contributed by atoms with van der Waals surface area (Å²) in [5.74, 6) is -3.34. The van der Waals surface area contributed by atoms with Crippen molar-refractivity contribution in [2.45, 2.75) is 5.92 Å². The van der Waals surface area contributed by atoms with E-state index in [1.807, 2.05) is 54.0 Å². The Bertz CT molecular complexity index is 1190. The van der Waals surface area contributed by atoms with Crippen molar-refractivity contribution >= 4 is 17.9 Å². The quantitative estimate of drug-likeness (QED) is 0.311. The lowest BCUT2D eigenvalue weighted by Gasteiger charge is -2.14. The normalized spacial score (nSPS) is 11.8. The van der Waals surface area contributed by atoms with E-state index in [-0.39, 0.29) is 12.5 Å². The SMILES string of the molecule is N=C(NOC(=O)CNC(=O)OCC1c2ccccc2-c2ccccc21)c1cc(F)ccc1F. The van der Waals surface area contributed by atoms with Gasteiger partial charge in [0.1, 0.15) is 24.8 Å². The maximum atomic E-state index is 13.6. The molecule has 3 aromatic carbocycles. The van der Waals surface area contributed by atoms with Crippen LogP contribution in [0, 0.1) is 17.0 Å². The molecule has 1 aliphatic carbocycles. The number of amidine groups is 1. The molecule has 0 saturated heterocycles. The first kappa shape index (κ1) is 21.9. The van der Waals surface area contributed by atoms with Crippen LogP contribution in [-0.2, 0) is 14.4 Å². The number of rotatable bonds is 5. The average Bonchev–Trinajstić information content (AvgIpc) is 3.15. The number of nitrogens with one attached hydrogen (secondary N) is 3. The van der Waals surface area contributed by atoms with Gasteiger partial charge in [-0.05, 0) is 40.5 Å². The highest BCUT2D eigenvalue weighted by Crippen LogP contribution is 2.44. The highest BCUT2D eigenvalue weighted by atomic mass is 19.1. The number of fused-ring (bicyclic) bond motifs is 3. The number of halogens is 2. The summed E-state index contributed by atoms with van der Waals surface area (Å²) >= 11 is 0. The van der Waals surface area contributed by atoms with Crippen molar-refractivity contribution in [3.05, 3.63) is 95.1 Å². The van der Waals surface area contributed by atoms with Crippen LogP contribution < -0.4 is 10.8 Å². The first-order chi connectivity index (χ1) is 15.9. The predicted molar refractivity (Wildman–Crippen MR) is 115 cm³/mol. The van der Waals surface area contributed by atoms with Gasteiger partial charge in [-0.15, -0.1) is 0 Å². The van der Waals surface area contributed by atoms with E-state index in [1.165, 1.54) is 0 Å². The molecule has 7 nitrogen and oxygen atoms in total. The molecule has 3 aromatic rings. The Balaban J connectivity index is 1.26. The maximum Gasteiger partial charge on any atom is 0.407 e. The Kier molecular flexibility index (Phi) is 6.30. The number of carbonyl (C=O) groups excluding carboxylic acids is 2. The highest BCUT2D eigenvalue weighted by molar-refractivity contribution is 5.96. The molecule has 0 aromatic heterocycles. The maximum absolute atomic E-state index is 13.6. The van der Waals surface area contributed by atoms with Crippen LogP contribution in [-0.4, -0.2) is 31.0 Å². The Morgan fingerprint density at radius 1 is 0.939 bits per heavy atom. The molecule has 0 fully saturated rings. The van der Waals surface area contributed by atoms with Crippen LogP contribution in [0.15, 0.2) is 66.7 Å². The molecule has 0 saturated carbocycles. The number of benzene rings is 3. The van der Waals surface area contributed by atoms with Gasteiger partial charge < -0.3 is 14.9 Å². The number of hydroxylamine groups is 1. The molecule has 9 heteroatoms. The minimum absolute atomic E-state index is 0.0800. The molecular formula is C24H19F2N3O4. The Morgan fingerprint density at radius 2 is 1.58 bits per heavy atom. The van der Waals surface area contributed by atoms with Crippen molar-refractivity contribution in [2.75, 3.05) is 13.2 Å². The second-order valence-corrected chi connectivity index (χ2v) is 7.25. The summed E-state index contributed by atoms with van der Waals surface area (Å²) < 4.78 is 32.1. The van der Waals surface area contributed by atoms with E-state index in [0.717, 1.165) is 40.5 Å². The van der Waals surface area contributed by atoms with Crippen molar-refractivity contribution in [2.24, 2.45) is 0 Å². The molecule has 0 spiro atoms. The van der Waals surface area contributed by atoms with Gasteiger partial charge in [-0.1, -0.05) is 48.5 Å². The van der Waals surface area contributed by atoms with Gasteiger partial charge in [0.05, 0.1) is 5.56 Å². The van der Waals surface area contributed by atoms with Gasteiger partial charge in [0.25, 0.3) is 0 Å². The van der Waals surface area contributed by atoms with Gasteiger partial charge in [0.15, 0.2) is 5.84 Å². The van der Waals surface area contributed by atoms with Crippen LogP contribution >= 0.6 is 0 Å². The first-order valence-corrected chi connectivity index (χ1v) is 10.0. The first-order valence-electron chi connectivity index (χ1n) is 10.0. The Labute approximate surface area is 187 Å². The van der Waals surface area contributed by atoms with Crippen molar-refractivity contribution in [3.8, 4) is 11.1 Å². The van der Waals surface area contributed by atoms with Gasteiger partial charge in [-0.25, -0.2) is 23.9 Å². The summed E-state index contributed by atoms with van der Waals surface area (Å²) in [4.78, 5) is 28.5. The molecule has 0 heterocycles. The molecule has 168 valence electrons. The summed E-state index contributed by atoms with van der Waals surface area (Å²) in [6.45, 7) is -0.473. The zero-order valence-electron chi connectivity index (χ0n) is 17.2. The summed E-state index contributed by atoms with van der Waals surface area (Å²) in [6.07, 6.45) is -0.819. The van der Waals surface area contributed by atoms with E-state index in [4.69, 9.17) is 10.1 Å². The summed E-state index contributed by atoms with van der Waals surface area (Å²) in [7, 11) is 0. The zero-order chi connectivity index (χ0) is 23.4. The van der Waals surface area contributed by atoms with Crippen molar-refractivity contribution in [3.63, 3.8) is 0 Å². The van der Waals surface area contributed by atoms with E-state index in [2.05, 4.69) is 10.2 Å². The molecule has 0 aliphatic heterocycles. The number of amides is 1. The summed E-state index contributed by atoms with van der Waals surface area (Å²) in [5.41, 5.74) is 5.81. The van der Waals surface area contributed by atoms with Gasteiger partial charge in [0, 0.05) is 5.92 Å². The van der Waals surface area contributed by atoms with Crippen LogP contribution in [0.4, 0.5) is 13.6 Å². The lowest BCUT2D eigenvalue weighted by Crippen LogP contribution is -2.36. The second-order valence-electron chi connectivity index (χ2n) is 7.25. The van der Waals surface area contributed by atoms with E-state index in [9.17, 15) is 18.4 Å². The summed E-state index contributed by atoms with van der Waals surface area (Å²) in [6, 6.07) is 18.3. The fourth-order valence-electron chi connectivity index (χ4n) is 3.68. The van der Waals surface area contributed by atoms with Crippen LogP contribution in [0.25, 0.3) is 11.1 Å². The number of alkyl carbamates (subject to hydrolysis) is 1. The predicted octanol–water partition coefficient (Wildman–Crippen LogP) is 3.88. The largest absolute Gasteiger partial charge is 0.449 e. The monoisotopic (exact) mass is 451 g/mol. The van der Waals surface area contributed by atoms with Crippen LogP contribution in [0.5, 0.6) is 0 Å². The highest BCUT2D eigenvalue weighted by Gasteiger charge is 2.29. The van der Waals surface area contributed by atoms with Crippen molar-refractivity contribution in [1.82, 2.24) is 10.8 Å². The van der Waals surface area contributed by atoms with E-state index < -0.39 is 41.6 Å². The Hall–Kier alpha value is -4.27. The third-order valence-corrected chi connectivity index (χ3v) is 5.19. The smallest absolute Gasteiger partial charge is 0.407 e. The van der Waals surface area contributed by atoms with Crippen molar-refractivity contribution in [1.29, 1.82) is 5.41 Å². The molecule has 0 atom stereocenters. The minimum atomic E-state index is -0.954. The van der Waals surface area contributed by atoms with Gasteiger partial charge >= 0.3 is 12.1 Å². The number of carbonyl (C=O) groups is 2. The topological polar surface area (TPSA) is 101 Å². The van der Waals surface area contributed by atoms with Gasteiger partial charge in [-0.2, -0.15) is 0 Å². The van der Waals surface area contributed by atoms with Crippen LogP contribution in [0.3, 0.4) is 0 Å². The summed E-state index contributed by atoms with van der Waals surface area (Å²) in [5, 5.41) is 9.91. The molecular weight excluding hydrogens is 432 g/mol. The third kappa shape index (κ3) is 4.82. The molecule has 33 heavy (non-hydrogen) atoms. The molecule has 0 unspecified atom stereocenters. The van der Waals surface area contributed by atoms with E-state index >= 15 is 0 Å². The fraction of sp³-hybridized carbons (Fsp3) is 0.125. The Morgan fingerprint density at radius 3 is 2.24 bits per heavy atom. The van der Waals surface area contributed by atoms with Crippen LogP contribution in [0.1, 0.15) is 22.6 Å². The number of ether oxygens (including phenoxy) is 1. The second kappa shape index (κ2) is 9.47. The van der Waals surface area contributed by atoms with Crippen LogP contribution in [0.2, 0.25) is 0 Å². The molecule has 3 N–H and O–H groups in total. The average molecular weight is 451 g/mol. The van der Waals surface area contributed by atoms with Gasteiger partial charge in [-0.3, -0.25) is 5.41 Å². The fourth-order valence-corrected chi connectivity index (χ4v) is 3.68. The lowest BCUT2D eigenvalue weighted by atomic mass is 9.98.